The van der Waals surface area contributed by atoms with Gasteiger partial charge in [0.15, 0.2) is 5.17 Å². The summed E-state index contributed by atoms with van der Waals surface area (Å²) in [6, 6.07) is -0.476. The number of nitrogens with one attached hydrogen (secondary N) is 2. The van der Waals surface area contributed by atoms with Crippen molar-refractivity contribution in [2.24, 2.45) is 16.1 Å². The van der Waals surface area contributed by atoms with E-state index < -0.39 is 6.03 Å². The highest BCUT2D eigenvalue weighted by atomic mass is 32.2. The molecule has 0 saturated heterocycles. The van der Waals surface area contributed by atoms with E-state index in [-0.39, 0.29) is 0 Å². The number of carbonyl (C=O) groups excluding carboxylic acids is 1. The number of urea groups is 1. The number of nitrogens with two attached hydrogens (primary N) is 1. The molecule has 0 bridgehead atoms. The number of hydrogen-bond acceptors (Lipinski definition) is 4. The SMILES string of the molecule is NC(=O)NCCNC1=NCC2(CCCCC2)CS1. The van der Waals surface area contributed by atoms with E-state index >= 15 is 0 Å². The standard InChI is InChI=1S/C12H22N4OS/c13-10(17)14-6-7-15-11-16-8-12(9-18-11)4-2-1-3-5-12/h1-9H2,(H,15,16)(H3,13,14,17). The van der Waals surface area contributed by atoms with Crippen LogP contribution in [0.4, 0.5) is 4.79 Å². The highest BCUT2D eigenvalue weighted by Gasteiger charge is 2.34. The van der Waals surface area contributed by atoms with Gasteiger partial charge in [0.2, 0.25) is 0 Å². The molecule has 0 aromatic heterocycles. The zero-order chi connectivity index (χ0) is 12.8. The summed E-state index contributed by atoms with van der Waals surface area (Å²) in [5, 5.41) is 6.81. The quantitative estimate of drug-likeness (QED) is 0.676. The van der Waals surface area contributed by atoms with Gasteiger partial charge in [-0.15, -0.1) is 0 Å². The van der Waals surface area contributed by atoms with Crippen molar-refractivity contribution in [3.63, 3.8) is 0 Å². The second kappa shape index (κ2) is 6.31. The lowest BCUT2D eigenvalue weighted by molar-refractivity contribution is 0.232. The highest BCUT2D eigenvalue weighted by molar-refractivity contribution is 8.13. The van der Waals surface area contributed by atoms with Crippen LogP contribution in [0.5, 0.6) is 0 Å². The van der Waals surface area contributed by atoms with Crippen molar-refractivity contribution >= 4 is 23.0 Å². The Morgan fingerprint density at radius 3 is 2.72 bits per heavy atom. The molecule has 0 atom stereocenters. The second-order valence-corrected chi connectivity index (χ2v) is 6.15. The Balaban J connectivity index is 1.71. The molecule has 6 heteroatoms. The first-order valence-electron chi connectivity index (χ1n) is 6.65. The molecule has 0 unspecified atom stereocenters. The van der Waals surface area contributed by atoms with Gasteiger partial charge in [-0.1, -0.05) is 31.0 Å². The lowest BCUT2D eigenvalue weighted by atomic mass is 9.75. The molecule has 2 aliphatic rings. The number of aliphatic imine (C=N–C) groups is 1. The van der Waals surface area contributed by atoms with Crippen LogP contribution in [0, 0.1) is 5.41 Å². The highest BCUT2D eigenvalue weighted by Crippen LogP contribution is 2.41. The fourth-order valence-corrected chi connectivity index (χ4v) is 3.80. The average Bonchev–Trinajstić information content (AvgIpc) is 2.38. The van der Waals surface area contributed by atoms with Crippen LogP contribution in [-0.4, -0.2) is 36.6 Å². The van der Waals surface area contributed by atoms with Gasteiger partial charge in [0.25, 0.3) is 0 Å². The summed E-state index contributed by atoms with van der Waals surface area (Å²) in [4.78, 5) is 15.1. The van der Waals surface area contributed by atoms with Crippen LogP contribution >= 0.6 is 11.8 Å². The molecule has 1 spiro atoms. The smallest absolute Gasteiger partial charge is 0.312 e. The van der Waals surface area contributed by atoms with Crippen molar-refractivity contribution in [1.82, 2.24) is 10.6 Å². The minimum absolute atomic E-state index is 0.472. The Kier molecular flexibility index (Phi) is 4.74. The lowest BCUT2D eigenvalue weighted by Gasteiger charge is -2.38. The van der Waals surface area contributed by atoms with Crippen molar-refractivity contribution in [2.75, 3.05) is 25.4 Å². The number of thioether (sulfide) groups is 1. The Morgan fingerprint density at radius 1 is 1.33 bits per heavy atom. The number of carbonyl (C=O) groups is 1. The number of rotatable bonds is 3. The van der Waals surface area contributed by atoms with E-state index in [1.54, 1.807) is 0 Å². The van der Waals surface area contributed by atoms with E-state index in [9.17, 15) is 4.79 Å². The molecule has 1 heterocycles. The van der Waals surface area contributed by atoms with Gasteiger partial charge in [0.1, 0.15) is 0 Å². The summed E-state index contributed by atoms with van der Waals surface area (Å²) in [5.74, 6) is 1.18. The summed E-state index contributed by atoms with van der Waals surface area (Å²) in [6.07, 6.45) is 6.78. The third-order valence-corrected chi connectivity index (χ3v) is 4.99. The zero-order valence-corrected chi connectivity index (χ0v) is 11.5. The Hall–Kier alpha value is -0.910. The Labute approximate surface area is 112 Å². The molecular formula is C12H22N4OS. The third-order valence-electron chi connectivity index (χ3n) is 3.69. The minimum Gasteiger partial charge on any atom is -0.363 e. The maximum atomic E-state index is 10.5. The largest absolute Gasteiger partial charge is 0.363 e. The van der Waals surface area contributed by atoms with Crippen LogP contribution in [0.25, 0.3) is 0 Å². The van der Waals surface area contributed by atoms with E-state index in [4.69, 9.17) is 5.73 Å². The molecule has 102 valence electrons. The monoisotopic (exact) mass is 270 g/mol. The van der Waals surface area contributed by atoms with Gasteiger partial charge in [-0.3, -0.25) is 4.99 Å². The number of nitrogens with zero attached hydrogens (tertiary/aromatic N) is 1. The predicted octanol–water partition coefficient (Wildman–Crippen LogP) is 1.30. The molecule has 2 amide bonds. The Morgan fingerprint density at radius 2 is 2.11 bits per heavy atom. The minimum atomic E-state index is -0.476. The van der Waals surface area contributed by atoms with Crippen LogP contribution < -0.4 is 16.4 Å². The van der Waals surface area contributed by atoms with Gasteiger partial charge in [-0.25, -0.2) is 4.79 Å². The maximum absolute atomic E-state index is 10.5. The van der Waals surface area contributed by atoms with Crippen molar-refractivity contribution in [1.29, 1.82) is 0 Å². The summed E-state index contributed by atoms with van der Waals surface area (Å²) >= 11 is 1.82. The van der Waals surface area contributed by atoms with Crippen LogP contribution in [0.15, 0.2) is 4.99 Å². The average molecular weight is 270 g/mol. The molecule has 4 N–H and O–H groups in total. The Bertz CT molecular complexity index is 326. The lowest BCUT2D eigenvalue weighted by Crippen LogP contribution is -2.40. The predicted molar refractivity (Wildman–Crippen MR) is 75.9 cm³/mol. The van der Waals surface area contributed by atoms with Gasteiger partial charge in [-0.2, -0.15) is 0 Å². The van der Waals surface area contributed by atoms with Crippen molar-refractivity contribution < 1.29 is 4.79 Å². The van der Waals surface area contributed by atoms with Gasteiger partial charge in [-0.05, 0) is 18.3 Å². The molecule has 1 fully saturated rings. The molecule has 0 aromatic rings. The van der Waals surface area contributed by atoms with Crippen LogP contribution in [0.2, 0.25) is 0 Å². The van der Waals surface area contributed by atoms with Crippen LogP contribution in [0.1, 0.15) is 32.1 Å². The van der Waals surface area contributed by atoms with Gasteiger partial charge in [0.05, 0.1) is 0 Å². The topological polar surface area (TPSA) is 79.5 Å². The van der Waals surface area contributed by atoms with Crippen molar-refractivity contribution in [3.8, 4) is 0 Å². The fraction of sp³-hybridized carbons (Fsp3) is 0.833. The number of amides is 2. The molecular weight excluding hydrogens is 248 g/mol. The van der Waals surface area contributed by atoms with Crippen molar-refractivity contribution in [2.45, 2.75) is 32.1 Å². The van der Waals surface area contributed by atoms with Crippen LogP contribution in [0.3, 0.4) is 0 Å². The van der Waals surface area contributed by atoms with Crippen LogP contribution in [-0.2, 0) is 0 Å². The third kappa shape index (κ3) is 3.80. The van der Waals surface area contributed by atoms with E-state index in [1.807, 2.05) is 11.8 Å². The molecule has 1 aliphatic heterocycles. The summed E-state index contributed by atoms with van der Waals surface area (Å²) in [6.45, 7) is 2.19. The normalized spacial score (nSPS) is 22.3. The van der Waals surface area contributed by atoms with Gasteiger partial charge < -0.3 is 16.4 Å². The fourth-order valence-electron chi connectivity index (χ4n) is 2.62. The van der Waals surface area contributed by atoms with Crippen molar-refractivity contribution in [3.05, 3.63) is 0 Å². The van der Waals surface area contributed by atoms with E-state index in [2.05, 4.69) is 15.6 Å². The molecule has 0 aromatic carbocycles. The summed E-state index contributed by atoms with van der Waals surface area (Å²) in [7, 11) is 0. The van der Waals surface area contributed by atoms with Gasteiger partial charge in [0, 0.05) is 25.4 Å². The summed E-state index contributed by atoms with van der Waals surface area (Å²) < 4.78 is 0. The molecule has 5 nitrogen and oxygen atoms in total. The molecule has 0 radical (unpaired) electrons. The first-order valence-corrected chi connectivity index (χ1v) is 7.63. The molecule has 1 saturated carbocycles. The summed E-state index contributed by atoms with van der Waals surface area (Å²) in [5.41, 5.74) is 5.46. The number of primary amides is 1. The van der Waals surface area contributed by atoms with E-state index in [1.165, 1.54) is 37.9 Å². The molecule has 18 heavy (non-hydrogen) atoms. The van der Waals surface area contributed by atoms with E-state index in [0.717, 1.165) is 11.7 Å². The number of amidine groups is 1. The second-order valence-electron chi connectivity index (χ2n) is 5.19. The number of hydrogen-bond donors (Lipinski definition) is 3. The maximum Gasteiger partial charge on any atom is 0.312 e. The first kappa shape index (κ1) is 13.5. The molecule has 2 rings (SSSR count). The first-order chi connectivity index (χ1) is 8.70. The molecule has 1 aliphatic carbocycles. The van der Waals surface area contributed by atoms with E-state index in [0.29, 0.717) is 18.5 Å². The van der Waals surface area contributed by atoms with Gasteiger partial charge >= 0.3 is 6.03 Å². The zero-order valence-electron chi connectivity index (χ0n) is 10.7.